The van der Waals surface area contributed by atoms with Gasteiger partial charge in [0.2, 0.25) is 0 Å². The number of para-hydroxylation sites is 1. The van der Waals surface area contributed by atoms with Crippen molar-refractivity contribution in [2.45, 2.75) is 38.5 Å². The van der Waals surface area contributed by atoms with Crippen LogP contribution >= 0.6 is 0 Å². The minimum absolute atomic E-state index is 0.0666. The van der Waals surface area contributed by atoms with Crippen LogP contribution in [0.5, 0.6) is 5.75 Å². The molecule has 2 aromatic carbocycles. The van der Waals surface area contributed by atoms with Gasteiger partial charge in [0.15, 0.2) is 0 Å². The Hall–Kier alpha value is -3.08. The van der Waals surface area contributed by atoms with Crippen LogP contribution in [-0.2, 0) is 6.54 Å². The third-order valence-electron chi connectivity index (χ3n) is 4.82. The van der Waals surface area contributed by atoms with Crippen LogP contribution in [0.4, 0.5) is 0 Å². The van der Waals surface area contributed by atoms with E-state index in [-0.39, 0.29) is 17.6 Å². The predicted molar refractivity (Wildman–Crippen MR) is 104 cm³/mol. The van der Waals surface area contributed by atoms with Gasteiger partial charge >= 0.3 is 0 Å². The molecular formula is C22H23N3O2. The SMILES string of the molecule is CC1(C)C[C@H](NC(=O)c2ccc(Cn3ccnc3)cc2)c2ccccc2O1. The Bertz CT molecular complexity index is 930. The number of nitrogens with zero attached hydrogens (tertiary/aromatic N) is 2. The first-order valence-corrected chi connectivity index (χ1v) is 9.14. The number of imidazole rings is 1. The van der Waals surface area contributed by atoms with Crippen molar-refractivity contribution >= 4 is 5.91 Å². The zero-order valence-electron chi connectivity index (χ0n) is 15.6. The van der Waals surface area contributed by atoms with Gasteiger partial charge in [0.05, 0.1) is 12.4 Å². The van der Waals surface area contributed by atoms with Crippen molar-refractivity contribution < 1.29 is 9.53 Å². The van der Waals surface area contributed by atoms with Gasteiger partial charge in [-0.05, 0) is 37.6 Å². The van der Waals surface area contributed by atoms with Crippen LogP contribution in [-0.4, -0.2) is 21.1 Å². The molecule has 5 nitrogen and oxygen atoms in total. The molecule has 1 atom stereocenters. The van der Waals surface area contributed by atoms with Crippen molar-refractivity contribution in [3.8, 4) is 5.75 Å². The zero-order valence-corrected chi connectivity index (χ0v) is 15.6. The standard InChI is InChI=1S/C22H23N3O2/c1-22(2)13-19(18-5-3-4-6-20(18)27-22)24-21(26)17-9-7-16(8-10-17)14-25-12-11-23-15-25/h3-12,15,19H,13-14H2,1-2H3,(H,24,26)/t19-/m0/s1. The smallest absolute Gasteiger partial charge is 0.251 e. The number of amides is 1. The fourth-order valence-electron chi connectivity index (χ4n) is 3.53. The second-order valence-electron chi connectivity index (χ2n) is 7.56. The van der Waals surface area contributed by atoms with Crippen molar-refractivity contribution in [3.05, 3.63) is 83.9 Å². The van der Waals surface area contributed by atoms with Crippen LogP contribution in [0.25, 0.3) is 0 Å². The Balaban J connectivity index is 1.49. The first-order chi connectivity index (χ1) is 13.0. The second kappa shape index (κ2) is 6.91. The predicted octanol–water partition coefficient (Wildman–Crippen LogP) is 3.96. The highest BCUT2D eigenvalue weighted by Crippen LogP contribution is 2.39. The topological polar surface area (TPSA) is 56.2 Å². The largest absolute Gasteiger partial charge is 0.487 e. The van der Waals surface area contributed by atoms with Crippen molar-refractivity contribution in [3.63, 3.8) is 0 Å². The zero-order chi connectivity index (χ0) is 18.9. The Kier molecular flexibility index (Phi) is 4.44. The molecule has 3 aromatic rings. The van der Waals surface area contributed by atoms with Gasteiger partial charge < -0.3 is 14.6 Å². The lowest BCUT2D eigenvalue weighted by Gasteiger charge is -2.37. The van der Waals surface area contributed by atoms with E-state index in [0.29, 0.717) is 5.56 Å². The van der Waals surface area contributed by atoms with Gasteiger partial charge in [0.25, 0.3) is 5.91 Å². The average Bonchev–Trinajstić information content (AvgIpc) is 3.14. The van der Waals surface area contributed by atoms with Gasteiger partial charge in [0.1, 0.15) is 11.4 Å². The summed E-state index contributed by atoms with van der Waals surface area (Å²) in [6.07, 6.45) is 6.19. The summed E-state index contributed by atoms with van der Waals surface area (Å²) in [4.78, 5) is 16.8. The maximum Gasteiger partial charge on any atom is 0.251 e. The Morgan fingerprint density at radius 1 is 1.22 bits per heavy atom. The van der Waals surface area contributed by atoms with Crippen molar-refractivity contribution in [1.29, 1.82) is 0 Å². The van der Waals surface area contributed by atoms with Crippen LogP contribution < -0.4 is 10.1 Å². The van der Waals surface area contributed by atoms with Gasteiger partial charge in [-0.2, -0.15) is 0 Å². The summed E-state index contributed by atoms with van der Waals surface area (Å²) in [5.74, 6) is 0.774. The van der Waals surface area contributed by atoms with E-state index >= 15 is 0 Å². The lowest BCUT2D eigenvalue weighted by Crippen LogP contribution is -2.41. The van der Waals surface area contributed by atoms with Gasteiger partial charge in [0, 0.05) is 36.5 Å². The molecule has 4 rings (SSSR count). The number of benzene rings is 2. The molecular weight excluding hydrogens is 338 g/mol. The number of carbonyl (C=O) groups is 1. The molecule has 0 saturated carbocycles. The number of hydrogen-bond donors (Lipinski definition) is 1. The molecule has 1 amide bonds. The minimum atomic E-state index is -0.318. The highest BCUT2D eigenvalue weighted by Gasteiger charge is 2.34. The Labute approximate surface area is 159 Å². The van der Waals surface area contributed by atoms with Crippen molar-refractivity contribution in [2.75, 3.05) is 0 Å². The first-order valence-electron chi connectivity index (χ1n) is 9.14. The number of fused-ring (bicyclic) bond motifs is 1. The van der Waals surface area contributed by atoms with Crippen LogP contribution in [0.2, 0.25) is 0 Å². The molecule has 0 radical (unpaired) electrons. The maximum atomic E-state index is 12.8. The Morgan fingerprint density at radius 2 is 2.00 bits per heavy atom. The summed E-state index contributed by atoms with van der Waals surface area (Å²) in [6, 6.07) is 15.6. The lowest BCUT2D eigenvalue weighted by molar-refractivity contribution is 0.0619. The summed E-state index contributed by atoms with van der Waals surface area (Å²) in [7, 11) is 0. The summed E-state index contributed by atoms with van der Waals surface area (Å²) < 4.78 is 8.04. The molecule has 5 heteroatoms. The summed E-state index contributed by atoms with van der Waals surface area (Å²) in [5.41, 5.74) is 2.50. The number of aromatic nitrogens is 2. The normalized spacial score (nSPS) is 17.6. The van der Waals surface area contributed by atoms with Crippen LogP contribution in [0.3, 0.4) is 0 Å². The van der Waals surface area contributed by atoms with E-state index < -0.39 is 0 Å². The van der Waals surface area contributed by atoms with E-state index in [0.717, 1.165) is 29.8 Å². The van der Waals surface area contributed by atoms with Gasteiger partial charge in [-0.25, -0.2) is 4.98 Å². The molecule has 0 saturated heterocycles. The molecule has 138 valence electrons. The van der Waals surface area contributed by atoms with E-state index in [1.54, 1.807) is 12.5 Å². The van der Waals surface area contributed by atoms with Gasteiger partial charge in [-0.1, -0.05) is 30.3 Å². The minimum Gasteiger partial charge on any atom is -0.487 e. The lowest BCUT2D eigenvalue weighted by atomic mass is 9.89. The van der Waals surface area contributed by atoms with Crippen molar-refractivity contribution in [1.82, 2.24) is 14.9 Å². The number of hydrogen-bond acceptors (Lipinski definition) is 3. The molecule has 0 bridgehead atoms. The van der Waals surface area contributed by atoms with Gasteiger partial charge in [-0.15, -0.1) is 0 Å². The van der Waals surface area contributed by atoms with Crippen LogP contribution in [0, 0.1) is 0 Å². The van der Waals surface area contributed by atoms with E-state index in [1.165, 1.54) is 0 Å². The second-order valence-corrected chi connectivity index (χ2v) is 7.56. The number of carbonyl (C=O) groups excluding carboxylic acids is 1. The molecule has 0 spiro atoms. The van der Waals surface area contributed by atoms with E-state index in [2.05, 4.69) is 10.3 Å². The van der Waals surface area contributed by atoms with Gasteiger partial charge in [-0.3, -0.25) is 4.79 Å². The summed E-state index contributed by atoms with van der Waals surface area (Å²) >= 11 is 0. The molecule has 0 unspecified atom stereocenters. The number of rotatable bonds is 4. The number of nitrogens with one attached hydrogen (secondary N) is 1. The fourth-order valence-corrected chi connectivity index (χ4v) is 3.53. The first kappa shape index (κ1) is 17.3. The molecule has 1 N–H and O–H groups in total. The summed E-state index contributed by atoms with van der Waals surface area (Å²) in [5, 5.41) is 3.18. The molecule has 27 heavy (non-hydrogen) atoms. The van der Waals surface area contributed by atoms with E-state index in [9.17, 15) is 4.79 Å². The molecule has 1 aliphatic rings. The fraction of sp³-hybridized carbons (Fsp3) is 0.273. The molecule has 0 aliphatic carbocycles. The Morgan fingerprint density at radius 3 is 2.74 bits per heavy atom. The van der Waals surface area contributed by atoms with E-state index in [1.807, 2.05) is 73.1 Å². The van der Waals surface area contributed by atoms with Crippen LogP contribution in [0.15, 0.2) is 67.3 Å². The third kappa shape index (κ3) is 3.87. The van der Waals surface area contributed by atoms with Crippen molar-refractivity contribution in [2.24, 2.45) is 0 Å². The molecule has 1 aromatic heterocycles. The molecule has 1 aliphatic heterocycles. The quantitative estimate of drug-likeness (QED) is 0.765. The maximum absolute atomic E-state index is 12.8. The molecule has 2 heterocycles. The number of ether oxygens (including phenoxy) is 1. The summed E-state index contributed by atoms with van der Waals surface area (Å²) in [6.45, 7) is 4.84. The monoisotopic (exact) mass is 361 g/mol. The van der Waals surface area contributed by atoms with E-state index in [4.69, 9.17) is 4.74 Å². The highest BCUT2D eigenvalue weighted by molar-refractivity contribution is 5.94. The highest BCUT2D eigenvalue weighted by atomic mass is 16.5. The molecule has 0 fully saturated rings. The third-order valence-corrected chi connectivity index (χ3v) is 4.82. The average molecular weight is 361 g/mol. The van der Waals surface area contributed by atoms with Crippen LogP contribution in [0.1, 0.15) is 47.8 Å².